The summed E-state index contributed by atoms with van der Waals surface area (Å²) in [6.45, 7) is 7.44. The molecule has 3 nitrogen and oxygen atoms in total. The molecule has 0 spiro atoms. The lowest BCUT2D eigenvalue weighted by Crippen LogP contribution is -2.21. The first kappa shape index (κ1) is 14.0. The summed E-state index contributed by atoms with van der Waals surface area (Å²) in [5, 5.41) is 0. The topological polar surface area (TPSA) is 44.5 Å². The molecular formula is C14H23NO2. The van der Waals surface area contributed by atoms with Gasteiger partial charge in [-0.25, -0.2) is 0 Å². The molecule has 0 saturated heterocycles. The summed E-state index contributed by atoms with van der Waals surface area (Å²) in [6, 6.07) is 6.26. The van der Waals surface area contributed by atoms with Gasteiger partial charge in [-0.15, -0.1) is 0 Å². The van der Waals surface area contributed by atoms with Crippen LogP contribution in [0.5, 0.6) is 5.75 Å². The van der Waals surface area contributed by atoms with Gasteiger partial charge < -0.3 is 15.2 Å². The number of methoxy groups -OCH3 is 1. The van der Waals surface area contributed by atoms with Crippen LogP contribution in [0.25, 0.3) is 0 Å². The van der Waals surface area contributed by atoms with Crippen molar-refractivity contribution < 1.29 is 9.47 Å². The predicted octanol–water partition coefficient (Wildman–Crippen LogP) is 2.68. The molecule has 0 heterocycles. The molecule has 1 aromatic rings. The van der Waals surface area contributed by atoms with Gasteiger partial charge in [-0.3, -0.25) is 0 Å². The molecule has 0 amide bonds. The molecule has 1 unspecified atom stereocenters. The van der Waals surface area contributed by atoms with E-state index in [9.17, 15) is 0 Å². The third-order valence-electron chi connectivity index (χ3n) is 2.57. The van der Waals surface area contributed by atoms with E-state index in [0.717, 1.165) is 11.3 Å². The number of nitrogens with two attached hydrogens (primary N) is 1. The molecule has 1 aromatic carbocycles. The second kappa shape index (κ2) is 6.62. The zero-order valence-electron chi connectivity index (χ0n) is 11.2. The Morgan fingerprint density at radius 1 is 1.24 bits per heavy atom. The Morgan fingerprint density at radius 3 is 2.47 bits per heavy atom. The molecule has 96 valence electrons. The average molecular weight is 237 g/mol. The SMILES string of the molecule is COc1ccc(COCC(C)N)cc1C(C)C. The van der Waals surface area contributed by atoms with Crippen molar-refractivity contribution >= 4 is 0 Å². The summed E-state index contributed by atoms with van der Waals surface area (Å²) in [4.78, 5) is 0. The van der Waals surface area contributed by atoms with Crippen molar-refractivity contribution in [3.63, 3.8) is 0 Å². The van der Waals surface area contributed by atoms with Gasteiger partial charge >= 0.3 is 0 Å². The fraction of sp³-hybridized carbons (Fsp3) is 0.571. The first-order chi connectivity index (χ1) is 8.04. The van der Waals surface area contributed by atoms with Crippen molar-refractivity contribution in [1.82, 2.24) is 0 Å². The zero-order valence-corrected chi connectivity index (χ0v) is 11.2. The van der Waals surface area contributed by atoms with Crippen LogP contribution in [0.2, 0.25) is 0 Å². The van der Waals surface area contributed by atoms with Gasteiger partial charge in [0.25, 0.3) is 0 Å². The maximum Gasteiger partial charge on any atom is 0.122 e. The minimum absolute atomic E-state index is 0.0813. The van der Waals surface area contributed by atoms with E-state index in [1.165, 1.54) is 5.56 Å². The van der Waals surface area contributed by atoms with E-state index in [0.29, 0.717) is 19.1 Å². The van der Waals surface area contributed by atoms with Crippen molar-refractivity contribution in [2.45, 2.75) is 39.3 Å². The van der Waals surface area contributed by atoms with Crippen LogP contribution in [0.4, 0.5) is 0 Å². The van der Waals surface area contributed by atoms with E-state index in [-0.39, 0.29) is 6.04 Å². The van der Waals surface area contributed by atoms with Crippen LogP contribution in [0.15, 0.2) is 18.2 Å². The van der Waals surface area contributed by atoms with Gasteiger partial charge in [-0.1, -0.05) is 19.9 Å². The highest BCUT2D eigenvalue weighted by molar-refractivity contribution is 5.39. The Balaban J connectivity index is 2.71. The molecule has 0 aliphatic rings. The minimum atomic E-state index is 0.0813. The Bertz CT molecular complexity index is 348. The first-order valence-electron chi connectivity index (χ1n) is 6.04. The second-order valence-electron chi connectivity index (χ2n) is 4.72. The molecule has 0 aliphatic carbocycles. The van der Waals surface area contributed by atoms with Crippen molar-refractivity contribution in [2.24, 2.45) is 5.73 Å². The normalized spacial score (nSPS) is 12.8. The first-order valence-corrected chi connectivity index (χ1v) is 6.04. The van der Waals surface area contributed by atoms with Crippen molar-refractivity contribution in [3.8, 4) is 5.75 Å². The number of ether oxygens (including phenoxy) is 2. The summed E-state index contributed by atoms with van der Waals surface area (Å²) in [7, 11) is 1.70. The lowest BCUT2D eigenvalue weighted by Gasteiger charge is -2.14. The van der Waals surface area contributed by atoms with Gasteiger partial charge in [0.2, 0.25) is 0 Å². The Labute approximate surface area is 104 Å². The Morgan fingerprint density at radius 2 is 1.94 bits per heavy atom. The molecule has 0 aliphatic heterocycles. The highest BCUT2D eigenvalue weighted by atomic mass is 16.5. The van der Waals surface area contributed by atoms with Crippen molar-refractivity contribution in [2.75, 3.05) is 13.7 Å². The number of rotatable bonds is 6. The lowest BCUT2D eigenvalue weighted by molar-refractivity contribution is 0.111. The smallest absolute Gasteiger partial charge is 0.122 e. The number of benzene rings is 1. The van der Waals surface area contributed by atoms with Gasteiger partial charge in [0.1, 0.15) is 5.75 Å². The maximum atomic E-state index is 5.64. The zero-order chi connectivity index (χ0) is 12.8. The van der Waals surface area contributed by atoms with Crippen LogP contribution in [-0.4, -0.2) is 19.8 Å². The van der Waals surface area contributed by atoms with Crippen LogP contribution < -0.4 is 10.5 Å². The van der Waals surface area contributed by atoms with E-state index < -0.39 is 0 Å². The molecule has 17 heavy (non-hydrogen) atoms. The molecule has 0 bridgehead atoms. The van der Waals surface area contributed by atoms with Crippen molar-refractivity contribution in [3.05, 3.63) is 29.3 Å². The van der Waals surface area contributed by atoms with Gasteiger partial charge in [0, 0.05) is 6.04 Å². The summed E-state index contributed by atoms with van der Waals surface area (Å²) < 4.78 is 10.9. The van der Waals surface area contributed by atoms with Crippen LogP contribution in [0.3, 0.4) is 0 Å². The van der Waals surface area contributed by atoms with E-state index in [1.807, 2.05) is 19.1 Å². The largest absolute Gasteiger partial charge is 0.496 e. The predicted molar refractivity (Wildman–Crippen MR) is 70.4 cm³/mol. The van der Waals surface area contributed by atoms with Gasteiger partial charge in [-0.2, -0.15) is 0 Å². The van der Waals surface area contributed by atoms with Gasteiger partial charge in [-0.05, 0) is 36.1 Å². The van der Waals surface area contributed by atoms with Crippen LogP contribution in [0, 0.1) is 0 Å². The molecule has 1 rings (SSSR count). The van der Waals surface area contributed by atoms with E-state index >= 15 is 0 Å². The fourth-order valence-electron chi connectivity index (χ4n) is 1.69. The average Bonchev–Trinajstić information content (AvgIpc) is 2.28. The summed E-state index contributed by atoms with van der Waals surface area (Å²) in [6.07, 6.45) is 0. The summed E-state index contributed by atoms with van der Waals surface area (Å²) in [5.74, 6) is 1.38. The monoisotopic (exact) mass is 237 g/mol. The molecule has 0 fully saturated rings. The highest BCUT2D eigenvalue weighted by Gasteiger charge is 2.08. The Hall–Kier alpha value is -1.06. The van der Waals surface area contributed by atoms with Crippen molar-refractivity contribution in [1.29, 1.82) is 0 Å². The Kier molecular flexibility index (Phi) is 5.45. The van der Waals surface area contributed by atoms with E-state index in [4.69, 9.17) is 15.2 Å². The number of hydrogen-bond acceptors (Lipinski definition) is 3. The molecule has 0 aromatic heterocycles. The molecule has 3 heteroatoms. The molecular weight excluding hydrogens is 214 g/mol. The van der Waals surface area contributed by atoms with Gasteiger partial charge in [0.15, 0.2) is 0 Å². The quantitative estimate of drug-likeness (QED) is 0.827. The van der Waals surface area contributed by atoms with E-state index in [1.54, 1.807) is 7.11 Å². The number of hydrogen-bond donors (Lipinski definition) is 1. The molecule has 1 atom stereocenters. The summed E-state index contributed by atoms with van der Waals surface area (Å²) in [5.41, 5.74) is 8.01. The third-order valence-corrected chi connectivity index (χ3v) is 2.57. The molecule has 0 radical (unpaired) electrons. The minimum Gasteiger partial charge on any atom is -0.496 e. The summed E-state index contributed by atoms with van der Waals surface area (Å²) >= 11 is 0. The standard InChI is InChI=1S/C14H23NO2/c1-10(2)13-7-12(5-6-14(13)16-4)9-17-8-11(3)15/h5-7,10-11H,8-9,15H2,1-4H3. The maximum absolute atomic E-state index is 5.64. The van der Waals surface area contributed by atoms with Gasteiger partial charge in [0.05, 0.1) is 20.3 Å². The fourth-order valence-corrected chi connectivity index (χ4v) is 1.69. The lowest BCUT2D eigenvalue weighted by atomic mass is 10.00. The van der Waals surface area contributed by atoms with Crippen LogP contribution in [0.1, 0.15) is 37.8 Å². The van der Waals surface area contributed by atoms with Crippen LogP contribution in [-0.2, 0) is 11.3 Å². The van der Waals surface area contributed by atoms with E-state index in [2.05, 4.69) is 19.9 Å². The molecule has 2 N–H and O–H groups in total. The highest BCUT2D eigenvalue weighted by Crippen LogP contribution is 2.27. The third kappa shape index (κ3) is 4.36. The van der Waals surface area contributed by atoms with Crippen LogP contribution >= 0.6 is 0 Å². The molecule has 0 saturated carbocycles. The second-order valence-corrected chi connectivity index (χ2v) is 4.72.